The highest BCUT2D eigenvalue weighted by atomic mass is 16.6. The fourth-order valence-electron chi connectivity index (χ4n) is 3.01. The third-order valence-corrected chi connectivity index (χ3v) is 4.77. The van der Waals surface area contributed by atoms with Gasteiger partial charge in [0.15, 0.2) is 0 Å². The molecule has 0 N–H and O–H groups in total. The van der Waals surface area contributed by atoms with Crippen LogP contribution in [0.3, 0.4) is 0 Å². The Morgan fingerprint density at radius 3 is 2.60 bits per heavy atom. The number of carbonyl (C=O) groups is 1. The van der Waals surface area contributed by atoms with Gasteiger partial charge >= 0.3 is 5.97 Å². The Hall–Kier alpha value is -1.31. The van der Waals surface area contributed by atoms with E-state index in [9.17, 15) is 4.79 Å². The lowest BCUT2D eigenvalue weighted by molar-refractivity contribution is -0.0172. The van der Waals surface area contributed by atoms with Gasteiger partial charge in [0, 0.05) is 0 Å². The molecule has 0 amide bonds. The molecule has 1 atom stereocenters. The number of esters is 1. The van der Waals surface area contributed by atoms with Crippen molar-refractivity contribution in [2.24, 2.45) is 0 Å². The van der Waals surface area contributed by atoms with E-state index in [1.54, 1.807) is 0 Å². The summed E-state index contributed by atoms with van der Waals surface area (Å²) in [7, 11) is 0. The van der Waals surface area contributed by atoms with Crippen molar-refractivity contribution < 1.29 is 9.53 Å². The number of hydrogen-bond donors (Lipinski definition) is 0. The second-order valence-electron chi connectivity index (χ2n) is 6.07. The van der Waals surface area contributed by atoms with Gasteiger partial charge < -0.3 is 4.74 Å². The lowest BCUT2D eigenvalue weighted by atomic mass is 9.96. The Labute approximate surface area is 122 Å². The fourth-order valence-corrected chi connectivity index (χ4v) is 3.01. The minimum atomic E-state index is -0.205. The smallest absolute Gasteiger partial charge is 0.338 e. The Morgan fingerprint density at radius 2 is 2.00 bits per heavy atom. The van der Waals surface area contributed by atoms with Crippen LogP contribution in [0.1, 0.15) is 81.1 Å². The van der Waals surface area contributed by atoms with Crippen molar-refractivity contribution in [3.63, 3.8) is 0 Å². The summed E-state index contributed by atoms with van der Waals surface area (Å²) in [6.07, 6.45) is 6.38. The van der Waals surface area contributed by atoms with Crippen LogP contribution in [0.4, 0.5) is 0 Å². The van der Waals surface area contributed by atoms with Crippen LogP contribution < -0.4 is 0 Å². The maximum absolute atomic E-state index is 12.4. The quantitative estimate of drug-likeness (QED) is 0.700. The molecule has 0 spiro atoms. The molecule has 20 heavy (non-hydrogen) atoms. The van der Waals surface area contributed by atoms with Crippen molar-refractivity contribution in [2.75, 3.05) is 0 Å². The maximum atomic E-state index is 12.4. The van der Waals surface area contributed by atoms with Gasteiger partial charge in [-0.1, -0.05) is 32.9 Å². The molecule has 1 aliphatic rings. The third-order valence-electron chi connectivity index (χ3n) is 4.77. The van der Waals surface area contributed by atoms with Gasteiger partial charge in [-0.25, -0.2) is 4.79 Å². The normalized spacial score (nSPS) is 18.8. The highest BCUT2D eigenvalue weighted by Gasteiger charge is 2.36. The molecular weight excluding hydrogens is 248 g/mol. The maximum Gasteiger partial charge on any atom is 0.338 e. The van der Waals surface area contributed by atoms with Crippen molar-refractivity contribution >= 4 is 5.97 Å². The Bertz CT molecular complexity index is 458. The predicted octanol–water partition coefficient (Wildman–Crippen LogP) is 5.08. The molecule has 1 aliphatic carbocycles. The molecule has 1 saturated carbocycles. The third kappa shape index (κ3) is 3.23. The molecule has 0 bridgehead atoms. The van der Waals surface area contributed by atoms with E-state index in [0.29, 0.717) is 11.5 Å². The summed E-state index contributed by atoms with van der Waals surface area (Å²) >= 11 is 0. The highest BCUT2D eigenvalue weighted by molar-refractivity contribution is 5.90. The van der Waals surface area contributed by atoms with Gasteiger partial charge in [-0.3, -0.25) is 0 Å². The number of benzene rings is 1. The molecule has 0 saturated heterocycles. The molecule has 2 heteroatoms. The van der Waals surface area contributed by atoms with Gasteiger partial charge in [0.25, 0.3) is 0 Å². The second-order valence-corrected chi connectivity index (χ2v) is 6.07. The van der Waals surface area contributed by atoms with E-state index in [1.807, 2.05) is 18.2 Å². The first kappa shape index (κ1) is 15.1. The van der Waals surface area contributed by atoms with Crippen molar-refractivity contribution in [3.05, 3.63) is 35.4 Å². The Balaban J connectivity index is 2.13. The first-order valence-electron chi connectivity index (χ1n) is 7.93. The Kier molecular flexibility index (Phi) is 4.85. The summed E-state index contributed by atoms with van der Waals surface area (Å²) in [6, 6.07) is 7.92. The summed E-state index contributed by atoms with van der Waals surface area (Å²) in [5, 5.41) is 0. The average molecular weight is 274 g/mol. The van der Waals surface area contributed by atoms with Gasteiger partial charge in [0.2, 0.25) is 0 Å². The van der Waals surface area contributed by atoms with E-state index in [-0.39, 0.29) is 11.6 Å². The predicted molar refractivity (Wildman–Crippen MR) is 82.1 cm³/mol. The standard InChI is InChI=1S/C18H26O2/c1-4-14(3)15-9-8-10-16(13-15)17(19)20-18(5-2)11-6-7-12-18/h8-10,13-14H,4-7,11-12H2,1-3H3. The summed E-state index contributed by atoms with van der Waals surface area (Å²) < 4.78 is 5.86. The zero-order valence-electron chi connectivity index (χ0n) is 12.9. The van der Waals surface area contributed by atoms with Crippen LogP contribution >= 0.6 is 0 Å². The van der Waals surface area contributed by atoms with Crippen molar-refractivity contribution in [1.82, 2.24) is 0 Å². The Morgan fingerprint density at radius 1 is 1.30 bits per heavy atom. The molecule has 1 aromatic rings. The van der Waals surface area contributed by atoms with E-state index < -0.39 is 0 Å². The van der Waals surface area contributed by atoms with E-state index in [4.69, 9.17) is 4.74 Å². The zero-order valence-corrected chi connectivity index (χ0v) is 12.9. The first-order chi connectivity index (χ1) is 9.60. The van der Waals surface area contributed by atoms with E-state index in [2.05, 4.69) is 26.8 Å². The largest absolute Gasteiger partial charge is 0.455 e. The molecule has 0 aliphatic heterocycles. The van der Waals surface area contributed by atoms with Gasteiger partial charge in [-0.2, -0.15) is 0 Å². The molecule has 0 heterocycles. The first-order valence-corrected chi connectivity index (χ1v) is 7.93. The van der Waals surface area contributed by atoms with Crippen molar-refractivity contribution in [2.45, 2.75) is 70.8 Å². The lowest BCUT2D eigenvalue weighted by Gasteiger charge is -2.27. The van der Waals surface area contributed by atoms with Crippen LogP contribution in [0.15, 0.2) is 24.3 Å². The molecule has 0 aromatic heterocycles. The summed E-state index contributed by atoms with van der Waals surface area (Å²) in [5.41, 5.74) is 1.71. The highest BCUT2D eigenvalue weighted by Crippen LogP contribution is 2.36. The summed E-state index contributed by atoms with van der Waals surface area (Å²) in [4.78, 5) is 12.4. The van der Waals surface area contributed by atoms with Crippen molar-refractivity contribution in [3.8, 4) is 0 Å². The minimum Gasteiger partial charge on any atom is -0.455 e. The van der Waals surface area contributed by atoms with Crippen molar-refractivity contribution in [1.29, 1.82) is 0 Å². The fraction of sp³-hybridized carbons (Fsp3) is 0.611. The molecule has 1 aromatic carbocycles. The number of rotatable bonds is 5. The molecule has 0 radical (unpaired) electrons. The molecular formula is C18H26O2. The molecule has 110 valence electrons. The van der Waals surface area contributed by atoms with Gasteiger partial charge in [-0.15, -0.1) is 0 Å². The molecule has 1 fully saturated rings. The van der Waals surface area contributed by atoms with Crippen LogP contribution in [0.25, 0.3) is 0 Å². The lowest BCUT2D eigenvalue weighted by Crippen LogP contribution is -2.31. The number of ether oxygens (including phenoxy) is 1. The molecule has 1 unspecified atom stereocenters. The minimum absolute atomic E-state index is 0.154. The van der Waals surface area contributed by atoms with E-state index in [0.717, 1.165) is 25.7 Å². The van der Waals surface area contributed by atoms with Gasteiger partial charge in [-0.05, 0) is 62.1 Å². The number of hydrogen-bond acceptors (Lipinski definition) is 2. The van der Waals surface area contributed by atoms with Gasteiger partial charge in [0.1, 0.15) is 5.60 Å². The average Bonchev–Trinajstić information content (AvgIpc) is 2.95. The van der Waals surface area contributed by atoms with Crippen LogP contribution in [0.2, 0.25) is 0 Å². The van der Waals surface area contributed by atoms with Crippen LogP contribution in [-0.2, 0) is 4.74 Å². The van der Waals surface area contributed by atoms with Crippen LogP contribution in [0, 0.1) is 0 Å². The van der Waals surface area contributed by atoms with Gasteiger partial charge in [0.05, 0.1) is 5.56 Å². The molecule has 2 rings (SSSR count). The second kappa shape index (κ2) is 6.43. The SMILES string of the molecule is CCC(C)c1cccc(C(=O)OC2(CC)CCCC2)c1. The topological polar surface area (TPSA) is 26.3 Å². The van der Waals surface area contributed by atoms with Crippen LogP contribution in [-0.4, -0.2) is 11.6 Å². The van der Waals surface area contributed by atoms with Crippen LogP contribution in [0.5, 0.6) is 0 Å². The van der Waals surface area contributed by atoms with E-state index >= 15 is 0 Å². The summed E-state index contributed by atoms with van der Waals surface area (Å²) in [5.74, 6) is 0.327. The monoisotopic (exact) mass is 274 g/mol. The summed E-state index contributed by atoms with van der Waals surface area (Å²) in [6.45, 7) is 6.48. The number of carbonyl (C=O) groups excluding carboxylic acids is 1. The zero-order chi connectivity index (χ0) is 14.6. The molecule has 2 nitrogen and oxygen atoms in total. The van der Waals surface area contributed by atoms with E-state index in [1.165, 1.54) is 18.4 Å².